The Morgan fingerprint density at radius 3 is 2.72 bits per heavy atom. The minimum Gasteiger partial charge on any atom is -0.353 e. The van der Waals surface area contributed by atoms with E-state index in [-0.39, 0.29) is 0 Å². The summed E-state index contributed by atoms with van der Waals surface area (Å²) < 4.78 is 2.26. The van der Waals surface area contributed by atoms with Crippen molar-refractivity contribution in [2.75, 3.05) is 5.32 Å². The second-order valence-electron chi connectivity index (χ2n) is 5.57. The summed E-state index contributed by atoms with van der Waals surface area (Å²) in [6.07, 6.45) is 13.2. The number of unbranched alkanes of at least 4 members (excludes halogenated alkanes) is 1. The van der Waals surface area contributed by atoms with Crippen LogP contribution in [0.2, 0.25) is 0 Å². The van der Waals surface area contributed by atoms with Gasteiger partial charge in [-0.15, -0.1) is 0 Å². The van der Waals surface area contributed by atoms with E-state index in [1.54, 1.807) is 0 Å². The first-order valence-electron chi connectivity index (χ1n) is 7.61. The molecule has 1 N–H and O–H groups in total. The lowest BCUT2D eigenvalue weighted by Crippen LogP contribution is -2.27. The summed E-state index contributed by atoms with van der Waals surface area (Å²) in [6.45, 7) is 5.63. The van der Waals surface area contributed by atoms with Gasteiger partial charge in [0, 0.05) is 25.0 Å². The summed E-state index contributed by atoms with van der Waals surface area (Å²) in [7, 11) is 0. The van der Waals surface area contributed by atoms with Crippen LogP contribution in [0.5, 0.6) is 0 Å². The van der Waals surface area contributed by atoms with Crippen molar-refractivity contribution in [3.8, 4) is 0 Å². The van der Waals surface area contributed by atoms with E-state index < -0.39 is 0 Å². The van der Waals surface area contributed by atoms with Crippen molar-refractivity contribution in [3.05, 3.63) is 12.4 Å². The highest BCUT2D eigenvalue weighted by Gasteiger charge is 2.20. The van der Waals surface area contributed by atoms with E-state index in [2.05, 4.69) is 34.9 Å². The average Bonchev–Trinajstić information content (AvgIpc) is 2.84. The zero-order valence-corrected chi connectivity index (χ0v) is 11.9. The number of aromatic nitrogens is 2. The molecule has 1 saturated carbocycles. The molecule has 1 heterocycles. The molecule has 0 atom stereocenters. The highest BCUT2D eigenvalue weighted by molar-refractivity contribution is 5.27. The molecule has 3 heteroatoms. The maximum absolute atomic E-state index is 4.45. The van der Waals surface area contributed by atoms with Crippen LogP contribution in [0, 0.1) is 5.92 Å². The predicted octanol–water partition coefficient (Wildman–Crippen LogP) is 4.06. The van der Waals surface area contributed by atoms with E-state index in [1.165, 1.54) is 44.9 Å². The largest absolute Gasteiger partial charge is 0.353 e. The van der Waals surface area contributed by atoms with Crippen molar-refractivity contribution in [2.45, 2.75) is 71.4 Å². The Balaban J connectivity index is 1.84. The molecule has 1 aliphatic rings. The molecule has 2 rings (SSSR count). The number of hydrogen-bond acceptors (Lipinski definition) is 2. The lowest BCUT2D eigenvalue weighted by Gasteiger charge is -2.28. The van der Waals surface area contributed by atoms with Crippen LogP contribution in [0.25, 0.3) is 0 Å². The molecule has 0 amide bonds. The van der Waals surface area contributed by atoms with Gasteiger partial charge in [-0.3, -0.25) is 0 Å². The molecule has 0 unspecified atom stereocenters. The fraction of sp³-hybridized carbons (Fsp3) is 0.800. The van der Waals surface area contributed by atoms with Gasteiger partial charge in [-0.1, -0.05) is 26.7 Å². The molecule has 1 aliphatic carbocycles. The van der Waals surface area contributed by atoms with Gasteiger partial charge in [-0.2, -0.15) is 0 Å². The van der Waals surface area contributed by atoms with Crippen molar-refractivity contribution >= 4 is 5.95 Å². The van der Waals surface area contributed by atoms with Gasteiger partial charge < -0.3 is 9.88 Å². The van der Waals surface area contributed by atoms with Crippen LogP contribution in [0.3, 0.4) is 0 Å². The lowest BCUT2D eigenvalue weighted by molar-refractivity contribution is 0.329. The quantitative estimate of drug-likeness (QED) is 0.824. The van der Waals surface area contributed by atoms with Gasteiger partial charge in [-0.05, 0) is 38.0 Å². The summed E-state index contributed by atoms with van der Waals surface area (Å²) in [5.74, 6) is 2.03. The van der Waals surface area contributed by atoms with Gasteiger partial charge in [-0.25, -0.2) is 4.98 Å². The van der Waals surface area contributed by atoms with E-state index in [0.717, 1.165) is 18.4 Å². The van der Waals surface area contributed by atoms with Crippen LogP contribution < -0.4 is 5.32 Å². The summed E-state index contributed by atoms with van der Waals surface area (Å²) >= 11 is 0. The predicted molar refractivity (Wildman–Crippen MR) is 76.8 cm³/mol. The second kappa shape index (κ2) is 6.81. The van der Waals surface area contributed by atoms with Crippen LogP contribution in [0.15, 0.2) is 12.4 Å². The molecule has 102 valence electrons. The number of imidazole rings is 1. The summed E-state index contributed by atoms with van der Waals surface area (Å²) in [5, 5.41) is 3.63. The molecule has 0 saturated heterocycles. The average molecular weight is 249 g/mol. The summed E-state index contributed by atoms with van der Waals surface area (Å²) in [5.41, 5.74) is 0. The maximum atomic E-state index is 4.45. The second-order valence-corrected chi connectivity index (χ2v) is 5.57. The first-order valence-corrected chi connectivity index (χ1v) is 7.61. The first kappa shape index (κ1) is 13.4. The van der Waals surface area contributed by atoms with Crippen LogP contribution in [-0.2, 0) is 6.54 Å². The highest BCUT2D eigenvalue weighted by Crippen LogP contribution is 2.28. The number of anilines is 1. The molecule has 0 radical (unpaired) electrons. The van der Waals surface area contributed by atoms with E-state index in [0.29, 0.717) is 6.04 Å². The Kier molecular flexibility index (Phi) is 5.09. The van der Waals surface area contributed by atoms with Crippen LogP contribution in [0.4, 0.5) is 5.95 Å². The molecule has 0 aliphatic heterocycles. The number of rotatable bonds is 6. The van der Waals surface area contributed by atoms with Gasteiger partial charge in [0.2, 0.25) is 5.95 Å². The number of hydrogen-bond donors (Lipinski definition) is 1. The third-order valence-electron chi connectivity index (χ3n) is 4.23. The Morgan fingerprint density at radius 2 is 2.06 bits per heavy atom. The number of nitrogens with one attached hydrogen (secondary N) is 1. The molecule has 0 aromatic carbocycles. The maximum Gasteiger partial charge on any atom is 0.202 e. The minimum atomic E-state index is 0.635. The van der Waals surface area contributed by atoms with Gasteiger partial charge in [0.05, 0.1) is 0 Å². The zero-order chi connectivity index (χ0) is 12.8. The van der Waals surface area contributed by atoms with Crippen LogP contribution >= 0.6 is 0 Å². The van der Waals surface area contributed by atoms with E-state index in [4.69, 9.17) is 0 Å². The molecular formula is C15H27N3. The molecule has 3 nitrogen and oxygen atoms in total. The fourth-order valence-electron chi connectivity index (χ4n) is 2.86. The number of nitrogens with zero attached hydrogens (tertiary/aromatic N) is 2. The molecule has 1 aromatic heterocycles. The van der Waals surface area contributed by atoms with Crippen molar-refractivity contribution in [1.29, 1.82) is 0 Å². The topological polar surface area (TPSA) is 29.9 Å². The highest BCUT2D eigenvalue weighted by atomic mass is 15.2. The van der Waals surface area contributed by atoms with Crippen molar-refractivity contribution < 1.29 is 0 Å². The first-order chi connectivity index (χ1) is 8.83. The molecule has 1 aromatic rings. The SMILES string of the molecule is CCCCn1ccnc1NC1CCC(CC)CC1. The monoisotopic (exact) mass is 249 g/mol. The summed E-state index contributed by atoms with van der Waals surface area (Å²) in [6, 6.07) is 0.635. The van der Waals surface area contributed by atoms with Gasteiger partial charge in [0.25, 0.3) is 0 Å². The minimum absolute atomic E-state index is 0.635. The van der Waals surface area contributed by atoms with Crippen molar-refractivity contribution in [2.24, 2.45) is 5.92 Å². The lowest BCUT2D eigenvalue weighted by atomic mass is 9.85. The van der Waals surface area contributed by atoms with Gasteiger partial charge in [0.1, 0.15) is 0 Å². The van der Waals surface area contributed by atoms with Gasteiger partial charge in [0.15, 0.2) is 0 Å². The molecule has 0 bridgehead atoms. The molecule has 1 fully saturated rings. The third kappa shape index (κ3) is 3.50. The Morgan fingerprint density at radius 1 is 1.28 bits per heavy atom. The standard InChI is InChI=1S/C15H27N3/c1-3-5-11-18-12-10-16-15(18)17-14-8-6-13(4-2)7-9-14/h10,12-14H,3-9,11H2,1-2H3,(H,16,17). The Labute approximate surface area is 111 Å². The molecular weight excluding hydrogens is 222 g/mol. The zero-order valence-electron chi connectivity index (χ0n) is 11.9. The Hall–Kier alpha value is -0.990. The third-order valence-corrected chi connectivity index (χ3v) is 4.23. The van der Waals surface area contributed by atoms with Crippen LogP contribution in [-0.4, -0.2) is 15.6 Å². The van der Waals surface area contributed by atoms with Gasteiger partial charge >= 0.3 is 0 Å². The van der Waals surface area contributed by atoms with E-state index >= 15 is 0 Å². The van der Waals surface area contributed by atoms with E-state index in [9.17, 15) is 0 Å². The summed E-state index contributed by atoms with van der Waals surface area (Å²) in [4.78, 5) is 4.45. The Bertz CT molecular complexity index is 337. The van der Waals surface area contributed by atoms with Crippen LogP contribution in [0.1, 0.15) is 58.8 Å². The molecule has 18 heavy (non-hydrogen) atoms. The number of aryl methyl sites for hydroxylation is 1. The van der Waals surface area contributed by atoms with Crippen molar-refractivity contribution in [1.82, 2.24) is 9.55 Å². The smallest absolute Gasteiger partial charge is 0.202 e. The fourth-order valence-corrected chi connectivity index (χ4v) is 2.86. The molecule has 0 spiro atoms. The van der Waals surface area contributed by atoms with E-state index in [1.807, 2.05) is 6.20 Å². The van der Waals surface area contributed by atoms with Crippen molar-refractivity contribution in [3.63, 3.8) is 0 Å². The normalized spacial score (nSPS) is 24.1.